The van der Waals surface area contributed by atoms with Crippen molar-refractivity contribution in [2.45, 2.75) is 45.4 Å². The van der Waals surface area contributed by atoms with Crippen LogP contribution in [0.1, 0.15) is 36.1 Å². The van der Waals surface area contributed by atoms with Crippen molar-refractivity contribution in [1.29, 1.82) is 0 Å². The van der Waals surface area contributed by atoms with Crippen LogP contribution in [-0.4, -0.2) is 25.9 Å². The van der Waals surface area contributed by atoms with Gasteiger partial charge >= 0.3 is 0 Å². The Morgan fingerprint density at radius 2 is 2.23 bits per heavy atom. The van der Waals surface area contributed by atoms with E-state index in [0.717, 1.165) is 29.3 Å². The van der Waals surface area contributed by atoms with E-state index in [-0.39, 0.29) is 0 Å². The summed E-state index contributed by atoms with van der Waals surface area (Å²) in [5.74, 6) is 0.947. The number of piperidine rings is 1. The summed E-state index contributed by atoms with van der Waals surface area (Å²) in [7, 11) is 0. The molecule has 0 bridgehead atoms. The smallest absolute Gasteiger partial charge is 0.203 e. The number of rotatable bonds is 5. The van der Waals surface area contributed by atoms with E-state index in [1.54, 1.807) is 0 Å². The van der Waals surface area contributed by atoms with Crippen LogP contribution in [0.2, 0.25) is 0 Å². The molecule has 1 aromatic carbocycles. The van der Waals surface area contributed by atoms with Crippen molar-refractivity contribution >= 4 is 33.8 Å². The molecule has 0 amide bonds. The molecule has 4 rings (SSSR count). The predicted molar refractivity (Wildman–Crippen MR) is 108 cm³/mol. The molecule has 0 spiro atoms. The van der Waals surface area contributed by atoms with Crippen LogP contribution in [0.3, 0.4) is 0 Å². The van der Waals surface area contributed by atoms with Crippen molar-refractivity contribution in [2.75, 3.05) is 6.54 Å². The SMILES string of the molecule is C=CCn1c(C)nn(C[NH+]2CCCC[C@@H]2c2nc3ccccc3s2)c1=S. The van der Waals surface area contributed by atoms with Gasteiger partial charge in [-0.25, -0.2) is 4.98 Å². The fourth-order valence-electron chi connectivity index (χ4n) is 3.79. The Balaban J connectivity index is 1.63. The van der Waals surface area contributed by atoms with Crippen molar-refractivity contribution in [3.05, 3.63) is 52.5 Å². The van der Waals surface area contributed by atoms with Gasteiger partial charge in [-0.3, -0.25) is 0 Å². The lowest BCUT2D eigenvalue weighted by Gasteiger charge is -2.30. The van der Waals surface area contributed by atoms with Crippen LogP contribution in [0.4, 0.5) is 0 Å². The maximum atomic E-state index is 5.64. The highest BCUT2D eigenvalue weighted by Crippen LogP contribution is 2.28. The van der Waals surface area contributed by atoms with E-state index in [1.165, 1.54) is 33.9 Å². The van der Waals surface area contributed by atoms with Crippen molar-refractivity contribution in [1.82, 2.24) is 19.3 Å². The first-order valence-corrected chi connectivity index (χ1v) is 10.3. The van der Waals surface area contributed by atoms with Crippen LogP contribution in [0.25, 0.3) is 10.2 Å². The van der Waals surface area contributed by atoms with Gasteiger partial charge in [0, 0.05) is 13.0 Å². The maximum Gasteiger partial charge on any atom is 0.203 e. The van der Waals surface area contributed by atoms with Crippen LogP contribution >= 0.6 is 23.6 Å². The van der Waals surface area contributed by atoms with Crippen LogP contribution in [0, 0.1) is 11.7 Å². The van der Waals surface area contributed by atoms with Crippen LogP contribution < -0.4 is 4.90 Å². The van der Waals surface area contributed by atoms with Crippen molar-refractivity contribution in [3.63, 3.8) is 0 Å². The molecule has 7 heteroatoms. The van der Waals surface area contributed by atoms with E-state index in [1.807, 2.05) is 33.6 Å². The average molecular weight is 387 g/mol. The molecule has 136 valence electrons. The summed E-state index contributed by atoms with van der Waals surface area (Å²) < 4.78 is 6.08. The lowest BCUT2D eigenvalue weighted by Crippen LogP contribution is -3.12. The number of quaternary nitrogens is 1. The maximum absolute atomic E-state index is 5.64. The Labute approximate surface area is 162 Å². The zero-order chi connectivity index (χ0) is 18.1. The van der Waals surface area contributed by atoms with Gasteiger partial charge in [0.05, 0.1) is 16.8 Å². The Morgan fingerprint density at radius 3 is 3.04 bits per heavy atom. The molecule has 0 radical (unpaired) electrons. The molecular weight excluding hydrogens is 362 g/mol. The van der Waals surface area contributed by atoms with Crippen molar-refractivity contribution in [2.24, 2.45) is 0 Å². The number of likely N-dealkylation sites (tertiary alicyclic amines) is 1. The number of thiazole rings is 1. The second-order valence-electron chi connectivity index (χ2n) is 6.86. The molecule has 26 heavy (non-hydrogen) atoms. The first-order chi connectivity index (χ1) is 12.7. The average Bonchev–Trinajstić information content (AvgIpc) is 3.19. The fraction of sp³-hybridized carbons (Fsp3) is 0.421. The number of aryl methyl sites for hydroxylation is 1. The molecular formula is C19H24N5S2+. The predicted octanol–water partition coefficient (Wildman–Crippen LogP) is 3.29. The van der Waals surface area contributed by atoms with Gasteiger partial charge in [-0.05, 0) is 44.1 Å². The van der Waals surface area contributed by atoms with Gasteiger partial charge in [-0.1, -0.05) is 18.2 Å². The van der Waals surface area contributed by atoms with Crippen molar-refractivity contribution in [3.8, 4) is 0 Å². The number of benzene rings is 1. The number of hydrogen-bond donors (Lipinski definition) is 1. The van der Waals surface area contributed by atoms with Crippen LogP contribution in [0.15, 0.2) is 36.9 Å². The second kappa shape index (κ2) is 7.42. The Hall–Kier alpha value is -1.83. The number of aromatic nitrogens is 4. The summed E-state index contributed by atoms with van der Waals surface area (Å²) in [5.41, 5.74) is 1.11. The highest BCUT2D eigenvalue weighted by atomic mass is 32.1. The summed E-state index contributed by atoms with van der Waals surface area (Å²) in [5, 5.41) is 5.93. The van der Waals surface area contributed by atoms with Crippen molar-refractivity contribution < 1.29 is 4.90 Å². The first kappa shape index (κ1) is 17.6. The van der Waals surface area contributed by atoms with Gasteiger partial charge in [0.1, 0.15) is 11.9 Å². The van der Waals surface area contributed by atoms with E-state index in [2.05, 4.69) is 35.9 Å². The zero-order valence-electron chi connectivity index (χ0n) is 15.0. The van der Waals surface area contributed by atoms with Gasteiger partial charge in [-0.2, -0.15) is 9.78 Å². The Kier molecular flexibility index (Phi) is 5.02. The van der Waals surface area contributed by atoms with Gasteiger partial charge in [0.2, 0.25) is 4.77 Å². The minimum Gasteiger partial charge on any atom is -0.308 e. The monoisotopic (exact) mass is 386 g/mol. The number of hydrogen-bond acceptors (Lipinski definition) is 4. The normalized spacial score (nSPS) is 20.5. The van der Waals surface area contributed by atoms with E-state index < -0.39 is 0 Å². The molecule has 2 atom stereocenters. The molecule has 1 aliphatic heterocycles. The van der Waals surface area contributed by atoms with Crippen LogP contribution in [-0.2, 0) is 13.2 Å². The standard InChI is InChI=1S/C19H23N5S2/c1-3-11-23-14(2)21-24(19(23)25)13-22-12-7-6-9-16(22)18-20-15-8-4-5-10-17(15)26-18/h3-5,8,10,16H,1,6-7,9,11-13H2,2H3/p+1/t16-/m1/s1. The molecule has 3 heterocycles. The molecule has 1 aliphatic rings. The molecule has 1 saturated heterocycles. The lowest BCUT2D eigenvalue weighted by atomic mass is 10.0. The highest BCUT2D eigenvalue weighted by molar-refractivity contribution is 7.71. The van der Waals surface area contributed by atoms with Gasteiger partial charge in [0.25, 0.3) is 0 Å². The third kappa shape index (κ3) is 3.26. The molecule has 0 saturated carbocycles. The molecule has 2 aromatic heterocycles. The zero-order valence-corrected chi connectivity index (χ0v) is 16.7. The molecule has 1 fully saturated rings. The van der Waals surface area contributed by atoms with E-state index in [0.29, 0.717) is 12.6 Å². The minimum atomic E-state index is 0.424. The largest absolute Gasteiger partial charge is 0.308 e. The Morgan fingerprint density at radius 1 is 1.38 bits per heavy atom. The summed E-state index contributed by atoms with van der Waals surface area (Å²) >= 11 is 7.48. The summed E-state index contributed by atoms with van der Waals surface area (Å²) in [6, 6.07) is 8.84. The number of nitrogens with one attached hydrogen (secondary N) is 1. The molecule has 0 aliphatic carbocycles. The van der Waals surface area contributed by atoms with Crippen LogP contribution in [0.5, 0.6) is 0 Å². The summed E-state index contributed by atoms with van der Waals surface area (Å²) in [6.07, 6.45) is 5.55. The third-order valence-electron chi connectivity index (χ3n) is 5.11. The Bertz CT molecular complexity index is 950. The van der Waals surface area contributed by atoms with Gasteiger partial charge < -0.3 is 9.47 Å². The number of allylic oxidation sites excluding steroid dienone is 1. The van der Waals surface area contributed by atoms with E-state index in [4.69, 9.17) is 17.2 Å². The van der Waals surface area contributed by atoms with E-state index in [9.17, 15) is 0 Å². The fourth-order valence-corrected chi connectivity index (χ4v) is 5.26. The second-order valence-corrected chi connectivity index (χ2v) is 8.29. The minimum absolute atomic E-state index is 0.424. The molecule has 3 aromatic rings. The first-order valence-electron chi connectivity index (χ1n) is 9.12. The van der Waals surface area contributed by atoms with Gasteiger partial charge in [-0.15, -0.1) is 17.9 Å². The molecule has 5 nitrogen and oxygen atoms in total. The summed E-state index contributed by atoms with van der Waals surface area (Å²) in [6.45, 7) is 8.47. The number of nitrogens with zero attached hydrogens (tertiary/aromatic N) is 4. The topological polar surface area (TPSA) is 40.1 Å². The highest BCUT2D eigenvalue weighted by Gasteiger charge is 2.31. The molecule has 1 N–H and O–H groups in total. The van der Waals surface area contributed by atoms with E-state index >= 15 is 0 Å². The summed E-state index contributed by atoms with van der Waals surface area (Å²) in [4.78, 5) is 6.44. The lowest BCUT2D eigenvalue weighted by molar-refractivity contribution is -0.959. The molecule has 1 unspecified atom stereocenters. The number of fused-ring (bicyclic) bond motifs is 1. The van der Waals surface area contributed by atoms with Gasteiger partial charge in [0.15, 0.2) is 11.7 Å². The third-order valence-corrected chi connectivity index (χ3v) is 6.70. The number of para-hydroxylation sites is 1. The quantitative estimate of drug-likeness (QED) is 0.540.